The molecule has 94 valence electrons. The van der Waals surface area contributed by atoms with Crippen LogP contribution in [-0.2, 0) is 0 Å². The molecule has 0 spiro atoms. The summed E-state index contributed by atoms with van der Waals surface area (Å²) in [6, 6.07) is 5.35. The van der Waals surface area contributed by atoms with E-state index in [0.717, 1.165) is 11.1 Å². The van der Waals surface area contributed by atoms with Gasteiger partial charge in [0.1, 0.15) is 0 Å². The number of nitro groups is 1. The topological polar surface area (TPSA) is 43.1 Å². The third-order valence-corrected chi connectivity index (χ3v) is 3.23. The fourth-order valence-electron chi connectivity index (χ4n) is 2.23. The highest BCUT2D eigenvalue weighted by Crippen LogP contribution is 2.36. The molecule has 1 rings (SSSR count). The third-order valence-electron chi connectivity index (χ3n) is 2.95. The molecule has 2 atom stereocenters. The van der Waals surface area contributed by atoms with Crippen molar-refractivity contribution in [2.75, 3.05) is 0 Å². The van der Waals surface area contributed by atoms with Crippen molar-refractivity contribution in [3.05, 3.63) is 39.4 Å². The van der Waals surface area contributed by atoms with Crippen LogP contribution in [0, 0.1) is 23.0 Å². The normalized spacial score (nSPS) is 14.7. The van der Waals surface area contributed by atoms with Crippen molar-refractivity contribution >= 4 is 17.3 Å². The molecule has 0 radical (unpaired) electrons. The van der Waals surface area contributed by atoms with Gasteiger partial charge >= 0.3 is 0 Å². The van der Waals surface area contributed by atoms with Gasteiger partial charge in [-0.3, -0.25) is 10.1 Å². The number of alkyl halides is 1. The van der Waals surface area contributed by atoms with E-state index < -0.39 is 0 Å². The van der Waals surface area contributed by atoms with E-state index in [-0.39, 0.29) is 27.8 Å². The highest BCUT2D eigenvalue weighted by Gasteiger charge is 2.28. The van der Waals surface area contributed by atoms with Crippen LogP contribution in [-0.4, -0.2) is 10.3 Å². The van der Waals surface area contributed by atoms with E-state index >= 15 is 0 Å². The molecule has 2 unspecified atom stereocenters. The maximum Gasteiger partial charge on any atom is 0.273 e. The van der Waals surface area contributed by atoms with Crippen molar-refractivity contribution in [1.82, 2.24) is 0 Å². The standard InChI is InChI=1S/C13H18ClNO2/c1-8(2)13(10(4)14)11-6-5-9(3)7-12(11)15(16)17/h5-8,10,13H,1-4H3. The maximum absolute atomic E-state index is 11.1. The summed E-state index contributed by atoms with van der Waals surface area (Å²) in [5, 5.41) is 11.0. The van der Waals surface area contributed by atoms with Crippen molar-refractivity contribution < 1.29 is 4.92 Å². The fraction of sp³-hybridized carbons (Fsp3) is 0.538. The molecule has 1 aromatic carbocycles. The minimum atomic E-state index is -0.322. The molecule has 0 aliphatic carbocycles. The second-order valence-corrected chi connectivity index (χ2v) is 5.46. The Balaban J connectivity index is 3.32. The number of hydrogen-bond acceptors (Lipinski definition) is 2. The molecule has 0 aliphatic heterocycles. The highest BCUT2D eigenvalue weighted by molar-refractivity contribution is 6.21. The Morgan fingerprint density at radius 3 is 2.29 bits per heavy atom. The molecule has 0 fully saturated rings. The van der Waals surface area contributed by atoms with E-state index in [2.05, 4.69) is 0 Å². The van der Waals surface area contributed by atoms with Gasteiger partial charge in [0.25, 0.3) is 5.69 Å². The zero-order valence-electron chi connectivity index (χ0n) is 10.6. The molecule has 3 nitrogen and oxygen atoms in total. The number of nitrogens with zero attached hydrogens (tertiary/aromatic N) is 1. The third kappa shape index (κ3) is 3.19. The summed E-state index contributed by atoms with van der Waals surface area (Å²) < 4.78 is 0. The van der Waals surface area contributed by atoms with Gasteiger partial charge < -0.3 is 0 Å². The van der Waals surface area contributed by atoms with E-state index in [0.29, 0.717) is 0 Å². The summed E-state index contributed by atoms with van der Waals surface area (Å²) in [7, 11) is 0. The second-order valence-electron chi connectivity index (χ2n) is 4.77. The summed E-state index contributed by atoms with van der Waals surface area (Å²) in [4.78, 5) is 10.8. The fourth-order valence-corrected chi connectivity index (χ4v) is 2.66. The number of nitro benzene ring substituents is 1. The summed E-state index contributed by atoms with van der Waals surface area (Å²) in [5.41, 5.74) is 1.81. The SMILES string of the molecule is Cc1ccc(C(C(C)C)C(C)Cl)c([N+](=O)[O-])c1. The first kappa shape index (κ1) is 14.0. The highest BCUT2D eigenvalue weighted by atomic mass is 35.5. The van der Waals surface area contributed by atoms with Crippen molar-refractivity contribution in [2.24, 2.45) is 5.92 Å². The largest absolute Gasteiger partial charge is 0.273 e. The molecule has 17 heavy (non-hydrogen) atoms. The molecule has 0 saturated heterocycles. The molecule has 0 aromatic heterocycles. The van der Waals surface area contributed by atoms with Crippen LogP contribution in [0.15, 0.2) is 18.2 Å². The van der Waals surface area contributed by atoms with Gasteiger partial charge in [-0.2, -0.15) is 0 Å². The van der Waals surface area contributed by atoms with Crippen molar-refractivity contribution in [1.29, 1.82) is 0 Å². The zero-order valence-corrected chi connectivity index (χ0v) is 11.4. The predicted molar refractivity (Wildman–Crippen MR) is 70.7 cm³/mol. The van der Waals surface area contributed by atoms with Crippen molar-refractivity contribution in [3.63, 3.8) is 0 Å². The Labute approximate surface area is 107 Å². The lowest BCUT2D eigenvalue weighted by atomic mass is 9.84. The van der Waals surface area contributed by atoms with Crippen LogP contribution < -0.4 is 0 Å². The van der Waals surface area contributed by atoms with Gasteiger partial charge in [0.15, 0.2) is 0 Å². The molecular formula is C13H18ClNO2. The Morgan fingerprint density at radius 1 is 1.29 bits per heavy atom. The lowest BCUT2D eigenvalue weighted by molar-refractivity contribution is -0.385. The first-order valence-corrected chi connectivity index (χ1v) is 6.17. The van der Waals surface area contributed by atoms with Crippen LogP contribution in [0.1, 0.15) is 37.8 Å². The molecule has 0 amide bonds. The van der Waals surface area contributed by atoms with Gasteiger partial charge in [-0.15, -0.1) is 11.6 Å². The Hall–Kier alpha value is -1.09. The number of aryl methyl sites for hydroxylation is 1. The van der Waals surface area contributed by atoms with Gasteiger partial charge in [0.2, 0.25) is 0 Å². The Bertz CT molecular complexity index is 408. The first-order valence-electron chi connectivity index (χ1n) is 5.73. The summed E-state index contributed by atoms with van der Waals surface area (Å²) in [5.74, 6) is 0.265. The van der Waals surface area contributed by atoms with E-state index in [1.54, 1.807) is 6.07 Å². The lowest BCUT2D eigenvalue weighted by Crippen LogP contribution is -2.17. The van der Waals surface area contributed by atoms with Crippen LogP contribution in [0.25, 0.3) is 0 Å². The zero-order chi connectivity index (χ0) is 13.2. The summed E-state index contributed by atoms with van der Waals surface area (Å²) in [6.07, 6.45) is 0. The van der Waals surface area contributed by atoms with Crippen molar-refractivity contribution in [3.8, 4) is 0 Å². The van der Waals surface area contributed by atoms with Gasteiger partial charge in [0.05, 0.1) is 4.92 Å². The second kappa shape index (κ2) is 5.50. The van der Waals surface area contributed by atoms with E-state index in [4.69, 9.17) is 11.6 Å². The minimum absolute atomic E-state index is 0.00216. The Morgan fingerprint density at radius 2 is 1.88 bits per heavy atom. The van der Waals surface area contributed by atoms with Crippen LogP contribution in [0.5, 0.6) is 0 Å². The predicted octanol–water partition coefficient (Wildman–Crippen LogP) is 4.27. The number of hydrogen-bond donors (Lipinski definition) is 0. The average Bonchev–Trinajstić information content (AvgIpc) is 2.19. The number of benzene rings is 1. The van der Waals surface area contributed by atoms with E-state index in [9.17, 15) is 10.1 Å². The number of rotatable bonds is 4. The summed E-state index contributed by atoms with van der Waals surface area (Å²) >= 11 is 6.17. The van der Waals surface area contributed by atoms with Gasteiger partial charge in [-0.1, -0.05) is 26.0 Å². The quantitative estimate of drug-likeness (QED) is 0.458. The van der Waals surface area contributed by atoms with E-state index in [1.165, 1.54) is 0 Å². The van der Waals surface area contributed by atoms with Gasteiger partial charge in [0, 0.05) is 22.9 Å². The molecule has 0 heterocycles. The molecule has 0 bridgehead atoms. The van der Waals surface area contributed by atoms with Crippen LogP contribution >= 0.6 is 11.6 Å². The molecular weight excluding hydrogens is 238 g/mol. The van der Waals surface area contributed by atoms with Gasteiger partial charge in [-0.05, 0) is 25.3 Å². The first-order chi connectivity index (χ1) is 7.84. The number of halogens is 1. The molecule has 0 N–H and O–H groups in total. The van der Waals surface area contributed by atoms with Crippen molar-refractivity contribution in [2.45, 2.75) is 39.0 Å². The Kier molecular flexibility index (Phi) is 4.52. The van der Waals surface area contributed by atoms with Gasteiger partial charge in [-0.25, -0.2) is 0 Å². The molecule has 0 aliphatic rings. The van der Waals surface area contributed by atoms with E-state index in [1.807, 2.05) is 39.8 Å². The minimum Gasteiger partial charge on any atom is -0.258 e. The van der Waals surface area contributed by atoms with Crippen LogP contribution in [0.4, 0.5) is 5.69 Å². The smallest absolute Gasteiger partial charge is 0.258 e. The molecule has 1 aromatic rings. The van der Waals surface area contributed by atoms with Crippen LogP contribution in [0.3, 0.4) is 0 Å². The summed E-state index contributed by atoms with van der Waals surface area (Å²) in [6.45, 7) is 7.81. The van der Waals surface area contributed by atoms with Crippen LogP contribution in [0.2, 0.25) is 0 Å². The lowest BCUT2D eigenvalue weighted by Gasteiger charge is -2.23. The molecule has 4 heteroatoms. The molecule has 0 saturated carbocycles. The monoisotopic (exact) mass is 255 g/mol. The maximum atomic E-state index is 11.1. The average molecular weight is 256 g/mol.